The zero-order valence-corrected chi connectivity index (χ0v) is 38.5. The lowest BCUT2D eigenvalue weighted by Gasteiger charge is -2.18. The molecule has 0 amide bonds. The highest BCUT2D eigenvalue weighted by molar-refractivity contribution is 5.72. The molecule has 0 aromatic rings. The molecule has 0 aromatic carbocycles. The Morgan fingerprint density at radius 3 is 1.17 bits per heavy atom. The maximum Gasteiger partial charge on any atom is 0.309 e. The van der Waals surface area contributed by atoms with E-state index in [1.165, 1.54) is 103 Å². The van der Waals surface area contributed by atoms with Gasteiger partial charge in [0.15, 0.2) is 6.10 Å². The summed E-state index contributed by atoms with van der Waals surface area (Å²) in [4.78, 5) is 37.8. The van der Waals surface area contributed by atoms with Crippen LogP contribution < -0.4 is 0 Å². The predicted octanol–water partition coefficient (Wildman–Crippen LogP) is 15.9. The maximum atomic E-state index is 12.8. The van der Waals surface area contributed by atoms with E-state index >= 15 is 0 Å². The largest absolute Gasteiger partial charge is 0.462 e. The molecule has 0 aliphatic rings. The van der Waals surface area contributed by atoms with Crippen molar-refractivity contribution < 1.29 is 28.6 Å². The number of rotatable bonds is 43. The van der Waals surface area contributed by atoms with E-state index in [9.17, 15) is 14.4 Å². The van der Waals surface area contributed by atoms with Crippen LogP contribution in [0.3, 0.4) is 0 Å². The van der Waals surface area contributed by atoms with Crippen LogP contribution in [0.15, 0.2) is 72.9 Å². The molecule has 0 fully saturated rings. The zero-order chi connectivity index (χ0) is 43.0. The molecule has 0 saturated carbocycles. The Labute approximate surface area is 363 Å². The highest BCUT2D eigenvalue weighted by Crippen LogP contribution is 2.14. The number of hydrogen-bond acceptors (Lipinski definition) is 6. The van der Waals surface area contributed by atoms with Crippen molar-refractivity contribution in [2.75, 3.05) is 13.2 Å². The van der Waals surface area contributed by atoms with E-state index in [1.807, 2.05) is 6.08 Å². The lowest BCUT2D eigenvalue weighted by molar-refractivity contribution is -0.166. The molecule has 0 saturated heterocycles. The normalized spacial score (nSPS) is 12.7. The number of carbonyl (C=O) groups excluding carboxylic acids is 3. The fourth-order valence-electron chi connectivity index (χ4n) is 6.57. The Kier molecular flexibility index (Phi) is 45.0. The first-order chi connectivity index (χ1) is 29.0. The van der Waals surface area contributed by atoms with E-state index in [4.69, 9.17) is 14.2 Å². The van der Waals surface area contributed by atoms with Crippen molar-refractivity contribution in [3.8, 4) is 0 Å². The van der Waals surface area contributed by atoms with Crippen molar-refractivity contribution in [3.63, 3.8) is 0 Å². The SMILES string of the molecule is CC/C=C\C/C=C\C/C=C\C/C=C\C/C=C\CC(=O)OCC(COC(=O)CCCCCCCCCCCCC)OC(=O)CCCCCCC/C=C\CCCCCCCC. The molecule has 0 aliphatic heterocycles. The average Bonchev–Trinajstić information content (AvgIpc) is 3.23. The second-order valence-electron chi connectivity index (χ2n) is 16.0. The van der Waals surface area contributed by atoms with Crippen LogP contribution in [-0.2, 0) is 28.6 Å². The Hall–Kier alpha value is -3.15. The molecule has 1 atom stereocenters. The van der Waals surface area contributed by atoms with Gasteiger partial charge in [-0.1, -0.05) is 209 Å². The third kappa shape index (κ3) is 45.8. The van der Waals surface area contributed by atoms with Gasteiger partial charge in [0.25, 0.3) is 0 Å². The molecule has 0 radical (unpaired) electrons. The number of unbranched alkanes of at least 4 members (excludes halogenated alkanes) is 21. The van der Waals surface area contributed by atoms with E-state index in [2.05, 4.69) is 81.5 Å². The smallest absolute Gasteiger partial charge is 0.309 e. The number of esters is 3. The van der Waals surface area contributed by atoms with E-state index < -0.39 is 12.1 Å². The second kappa shape index (κ2) is 47.5. The van der Waals surface area contributed by atoms with Gasteiger partial charge in [-0.2, -0.15) is 0 Å². The fraction of sp³-hybridized carbons (Fsp3) is 0.717. The van der Waals surface area contributed by atoms with Crippen molar-refractivity contribution in [1.82, 2.24) is 0 Å². The fourth-order valence-corrected chi connectivity index (χ4v) is 6.57. The Balaban J connectivity index is 4.51. The summed E-state index contributed by atoms with van der Waals surface area (Å²) < 4.78 is 16.6. The maximum absolute atomic E-state index is 12.8. The summed E-state index contributed by atoms with van der Waals surface area (Å²) in [6.07, 6.45) is 59.1. The Bertz CT molecular complexity index is 1130. The van der Waals surface area contributed by atoms with Crippen molar-refractivity contribution in [2.45, 2.75) is 232 Å². The molecule has 59 heavy (non-hydrogen) atoms. The standard InChI is InChI=1S/C53H90O6/c1-4-7-10-13-16-19-22-24-26-28-31-34-37-40-43-46-52(55)58-49-50(48-57-51(54)45-42-39-36-33-30-21-18-15-12-9-6-3)59-53(56)47-44-41-38-35-32-29-27-25-23-20-17-14-11-8-5-2/h7,10,16,19,24-27,31,34,40,43,50H,4-6,8-9,11-15,17-18,20-23,28-30,32-33,35-39,41-42,44-49H2,1-3H3/b10-7-,19-16-,26-24-,27-25-,34-31-,43-40-. The summed E-state index contributed by atoms with van der Waals surface area (Å²) in [7, 11) is 0. The molecule has 338 valence electrons. The number of ether oxygens (including phenoxy) is 3. The highest BCUT2D eigenvalue weighted by atomic mass is 16.6. The summed E-state index contributed by atoms with van der Waals surface area (Å²) in [6, 6.07) is 0. The molecule has 0 aromatic heterocycles. The molecule has 6 heteroatoms. The van der Waals surface area contributed by atoms with Crippen LogP contribution in [0, 0.1) is 0 Å². The summed E-state index contributed by atoms with van der Waals surface area (Å²) in [5.74, 6) is -1.05. The topological polar surface area (TPSA) is 78.9 Å². The van der Waals surface area contributed by atoms with Crippen LogP contribution in [0.2, 0.25) is 0 Å². The molecule has 0 aliphatic carbocycles. The van der Waals surface area contributed by atoms with Crippen LogP contribution in [-0.4, -0.2) is 37.2 Å². The van der Waals surface area contributed by atoms with Gasteiger partial charge in [0.2, 0.25) is 0 Å². The van der Waals surface area contributed by atoms with Gasteiger partial charge in [0.05, 0.1) is 6.42 Å². The molecule has 0 heterocycles. The van der Waals surface area contributed by atoms with Gasteiger partial charge in [-0.25, -0.2) is 0 Å². The first kappa shape index (κ1) is 55.9. The first-order valence-corrected chi connectivity index (χ1v) is 24.4. The number of allylic oxidation sites excluding steroid dienone is 11. The molecular formula is C53H90O6. The number of hydrogen-bond donors (Lipinski definition) is 0. The minimum absolute atomic E-state index is 0.107. The van der Waals surface area contributed by atoms with Crippen molar-refractivity contribution in [2.24, 2.45) is 0 Å². The van der Waals surface area contributed by atoms with Gasteiger partial charge in [-0.3, -0.25) is 14.4 Å². The van der Waals surface area contributed by atoms with Gasteiger partial charge >= 0.3 is 17.9 Å². The predicted molar refractivity (Wildman–Crippen MR) is 251 cm³/mol. The van der Waals surface area contributed by atoms with Crippen molar-refractivity contribution >= 4 is 17.9 Å². The molecule has 0 bridgehead atoms. The lowest BCUT2D eigenvalue weighted by Crippen LogP contribution is -2.30. The van der Waals surface area contributed by atoms with Crippen molar-refractivity contribution in [1.29, 1.82) is 0 Å². The average molecular weight is 823 g/mol. The number of carbonyl (C=O) groups is 3. The molecule has 0 spiro atoms. The third-order valence-corrected chi connectivity index (χ3v) is 10.2. The highest BCUT2D eigenvalue weighted by Gasteiger charge is 2.19. The minimum Gasteiger partial charge on any atom is -0.462 e. The van der Waals surface area contributed by atoms with Gasteiger partial charge in [0, 0.05) is 12.8 Å². The Morgan fingerprint density at radius 1 is 0.373 bits per heavy atom. The molecule has 0 rings (SSSR count). The summed E-state index contributed by atoms with van der Waals surface area (Å²) in [5.41, 5.74) is 0. The quantitative estimate of drug-likeness (QED) is 0.0264. The molecular weight excluding hydrogens is 733 g/mol. The van der Waals surface area contributed by atoms with E-state index in [0.29, 0.717) is 12.8 Å². The summed E-state index contributed by atoms with van der Waals surface area (Å²) in [5, 5.41) is 0. The summed E-state index contributed by atoms with van der Waals surface area (Å²) >= 11 is 0. The first-order valence-electron chi connectivity index (χ1n) is 24.4. The molecule has 0 N–H and O–H groups in total. The minimum atomic E-state index is -0.816. The van der Waals surface area contributed by atoms with Gasteiger partial charge < -0.3 is 14.2 Å². The van der Waals surface area contributed by atoms with Crippen molar-refractivity contribution in [3.05, 3.63) is 72.9 Å². The monoisotopic (exact) mass is 823 g/mol. The van der Waals surface area contributed by atoms with E-state index in [0.717, 1.165) is 83.5 Å². The van der Waals surface area contributed by atoms with Crippen LogP contribution in [0.1, 0.15) is 226 Å². The molecule has 6 nitrogen and oxygen atoms in total. The van der Waals surface area contributed by atoms with E-state index in [1.54, 1.807) is 6.08 Å². The second-order valence-corrected chi connectivity index (χ2v) is 16.0. The van der Waals surface area contributed by atoms with Gasteiger partial charge in [-0.05, 0) is 70.6 Å². The third-order valence-electron chi connectivity index (χ3n) is 10.2. The van der Waals surface area contributed by atoms with E-state index in [-0.39, 0.29) is 31.6 Å². The van der Waals surface area contributed by atoms with Crippen LogP contribution in [0.5, 0.6) is 0 Å². The van der Waals surface area contributed by atoms with Gasteiger partial charge in [0.1, 0.15) is 13.2 Å². The summed E-state index contributed by atoms with van der Waals surface area (Å²) in [6.45, 7) is 6.41. The Morgan fingerprint density at radius 2 is 0.729 bits per heavy atom. The van der Waals surface area contributed by atoms with Gasteiger partial charge in [-0.15, -0.1) is 0 Å². The van der Waals surface area contributed by atoms with Crippen LogP contribution in [0.4, 0.5) is 0 Å². The molecule has 1 unspecified atom stereocenters. The van der Waals surface area contributed by atoms with Crippen LogP contribution >= 0.6 is 0 Å². The van der Waals surface area contributed by atoms with Crippen LogP contribution in [0.25, 0.3) is 0 Å². The lowest BCUT2D eigenvalue weighted by atomic mass is 10.1. The zero-order valence-electron chi connectivity index (χ0n) is 38.5.